The molecule has 1 aromatic carbocycles. The maximum Gasteiger partial charge on any atom is 0.306 e. The van der Waals surface area contributed by atoms with E-state index in [0.29, 0.717) is 19.4 Å². The molecular weight excluding hydrogens is 408 g/mol. The molecule has 2 rings (SSSR count). The lowest BCUT2D eigenvalue weighted by Crippen LogP contribution is -2.42. The number of carbonyl (C=O) groups is 3. The van der Waals surface area contributed by atoms with Crippen LogP contribution in [0.1, 0.15) is 50.1 Å². The fourth-order valence-corrected chi connectivity index (χ4v) is 3.83. The summed E-state index contributed by atoms with van der Waals surface area (Å²) in [6.07, 6.45) is 6.03. The van der Waals surface area contributed by atoms with Gasteiger partial charge >= 0.3 is 5.97 Å². The van der Waals surface area contributed by atoms with E-state index in [0.717, 1.165) is 18.4 Å². The second kappa shape index (κ2) is 13.5. The van der Waals surface area contributed by atoms with Gasteiger partial charge in [-0.1, -0.05) is 42.5 Å². The number of ether oxygens (including phenoxy) is 1. The molecule has 7 nitrogen and oxygen atoms in total. The molecule has 0 spiro atoms. The molecule has 1 aliphatic rings. The highest BCUT2D eigenvalue weighted by atomic mass is 16.5. The van der Waals surface area contributed by atoms with Gasteiger partial charge in [-0.15, -0.1) is 13.2 Å². The second-order valence-electron chi connectivity index (χ2n) is 7.97. The van der Waals surface area contributed by atoms with Gasteiger partial charge in [0.2, 0.25) is 11.8 Å². The summed E-state index contributed by atoms with van der Waals surface area (Å²) in [5.41, 5.74) is 0.806. The molecule has 0 aliphatic carbocycles. The summed E-state index contributed by atoms with van der Waals surface area (Å²) in [6.45, 7) is 7.84. The number of benzene rings is 1. The van der Waals surface area contributed by atoms with E-state index < -0.39 is 12.0 Å². The number of hydrogen-bond acceptors (Lipinski definition) is 5. The van der Waals surface area contributed by atoms with Crippen LogP contribution in [-0.4, -0.2) is 53.6 Å². The minimum Gasteiger partial charge on any atom is -0.463 e. The zero-order chi connectivity index (χ0) is 23.3. The smallest absolute Gasteiger partial charge is 0.306 e. The van der Waals surface area contributed by atoms with Crippen LogP contribution in [0.5, 0.6) is 0 Å². The highest BCUT2D eigenvalue weighted by molar-refractivity contribution is 5.86. The zero-order valence-electron chi connectivity index (χ0n) is 18.6. The predicted octanol–water partition coefficient (Wildman–Crippen LogP) is 2.92. The normalized spacial score (nSPS) is 17.3. The van der Waals surface area contributed by atoms with Crippen LogP contribution < -0.4 is 5.32 Å². The predicted molar refractivity (Wildman–Crippen MR) is 122 cm³/mol. The van der Waals surface area contributed by atoms with Crippen molar-refractivity contribution in [3.05, 3.63) is 61.2 Å². The number of hydrogen-bond donors (Lipinski definition) is 2. The van der Waals surface area contributed by atoms with Crippen molar-refractivity contribution in [3.8, 4) is 0 Å². The Kier molecular flexibility index (Phi) is 10.7. The average Bonchev–Trinajstić information content (AvgIpc) is 3.29. The highest BCUT2D eigenvalue weighted by Gasteiger charge is 2.31. The van der Waals surface area contributed by atoms with Crippen LogP contribution in [0.3, 0.4) is 0 Å². The van der Waals surface area contributed by atoms with Gasteiger partial charge in [-0.25, -0.2) is 0 Å². The number of aliphatic hydroxyl groups excluding tert-OH is 1. The molecule has 1 saturated heterocycles. The molecule has 7 heteroatoms. The van der Waals surface area contributed by atoms with Gasteiger partial charge in [-0.3, -0.25) is 14.4 Å². The number of nitrogens with one attached hydrogen (secondary N) is 1. The Bertz CT molecular complexity index is 780. The number of nitrogens with zero attached hydrogens (tertiary/aromatic N) is 1. The monoisotopic (exact) mass is 442 g/mol. The van der Waals surface area contributed by atoms with Crippen LogP contribution in [0.25, 0.3) is 0 Å². The molecule has 174 valence electrons. The van der Waals surface area contributed by atoms with Crippen LogP contribution in [-0.2, 0) is 19.1 Å². The van der Waals surface area contributed by atoms with E-state index in [4.69, 9.17) is 4.74 Å². The minimum absolute atomic E-state index is 0.000797. The highest BCUT2D eigenvalue weighted by Crippen LogP contribution is 2.22. The first-order chi connectivity index (χ1) is 15.5. The second-order valence-corrected chi connectivity index (χ2v) is 7.97. The van der Waals surface area contributed by atoms with Gasteiger partial charge in [0.1, 0.15) is 6.61 Å². The van der Waals surface area contributed by atoms with E-state index in [9.17, 15) is 19.5 Å². The largest absolute Gasteiger partial charge is 0.463 e. The third-order valence-electron chi connectivity index (χ3n) is 5.63. The molecule has 2 N–H and O–H groups in total. The minimum atomic E-state index is -0.595. The van der Waals surface area contributed by atoms with E-state index in [1.807, 2.05) is 30.3 Å². The van der Waals surface area contributed by atoms with Crippen molar-refractivity contribution in [2.45, 2.75) is 50.6 Å². The van der Waals surface area contributed by atoms with Crippen molar-refractivity contribution in [2.75, 3.05) is 19.8 Å². The summed E-state index contributed by atoms with van der Waals surface area (Å²) < 4.78 is 5.37. The van der Waals surface area contributed by atoms with E-state index >= 15 is 0 Å². The number of amides is 2. The summed E-state index contributed by atoms with van der Waals surface area (Å²) in [5.74, 6) is -1.39. The first-order valence-corrected chi connectivity index (χ1v) is 11.1. The van der Waals surface area contributed by atoms with Crippen molar-refractivity contribution >= 4 is 17.8 Å². The summed E-state index contributed by atoms with van der Waals surface area (Å²) in [7, 11) is 0. The quantitative estimate of drug-likeness (QED) is 0.362. The summed E-state index contributed by atoms with van der Waals surface area (Å²) in [4.78, 5) is 39.5. The Hall–Kier alpha value is -2.93. The molecule has 1 fully saturated rings. The van der Waals surface area contributed by atoms with Gasteiger partial charge in [-0.2, -0.15) is 0 Å². The summed E-state index contributed by atoms with van der Waals surface area (Å²) >= 11 is 0. The first kappa shape index (κ1) is 25.3. The first-order valence-electron chi connectivity index (χ1n) is 11.1. The third-order valence-corrected chi connectivity index (χ3v) is 5.63. The molecule has 1 aliphatic heterocycles. The molecule has 32 heavy (non-hydrogen) atoms. The lowest BCUT2D eigenvalue weighted by atomic mass is 9.98. The van der Waals surface area contributed by atoms with Gasteiger partial charge in [0.25, 0.3) is 0 Å². The Labute approximate surface area is 190 Å². The van der Waals surface area contributed by atoms with Crippen molar-refractivity contribution in [1.29, 1.82) is 0 Å². The van der Waals surface area contributed by atoms with Gasteiger partial charge in [0.05, 0.1) is 24.6 Å². The maximum absolute atomic E-state index is 13.1. The topological polar surface area (TPSA) is 95.9 Å². The SMILES string of the molecule is C=CCCC(=O)OC[C@@H](NC(=O)[C@H](CC=C)CC(=O)N1CCC[C@H]1CO)c1ccccc1. The van der Waals surface area contributed by atoms with E-state index in [1.165, 1.54) is 0 Å². The molecule has 0 aromatic heterocycles. The Morgan fingerprint density at radius 1 is 1.22 bits per heavy atom. The van der Waals surface area contributed by atoms with Crippen LogP contribution in [0, 0.1) is 5.92 Å². The van der Waals surface area contributed by atoms with E-state index in [-0.39, 0.29) is 49.9 Å². The molecule has 0 unspecified atom stereocenters. The number of likely N-dealkylation sites (tertiary alicyclic amines) is 1. The Morgan fingerprint density at radius 2 is 1.97 bits per heavy atom. The summed E-state index contributed by atoms with van der Waals surface area (Å²) in [5, 5.41) is 12.4. The molecule has 0 saturated carbocycles. The molecule has 2 amide bonds. The van der Waals surface area contributed by atoms with Gasteiger partial charge in [0, 0.05) is 19.4 Å². The summed E-state index contributed by atoms with van der Waals surface area (Å²) in [6, 6.07) is 8.56. The number of aliphatic hydroxyl groups is 1. The fraction of sp³-hybridized carbons (Fsp3) is 0.480. The zero-order valence-corrected chi connectivity index (χ0v) is 18.6. The fourth-order valence-electron chi connectivity index (χ4n) is 3.83. The lowest BCUT2D eigenvalue weighted by Gasteiger charge is -2.26. The van der Waals surface area contributed by atoms with Crippen LogP contribution >= 0.6 is 0 Å². The molecular formula is C25H34N2O5. The number of carbonyl (C=O) groups excluding carboxylic acids is 3. The Balaban J connectivity index is 2.06. The van der Waals surface area contributed by atoms with Crippen molar-refractivity contribution in [2.24, 2.45) is 5.92 Å². The van der Waals surface area contributed by atoms with Crippen molar-refractivity contribution < 1.29 is 24.2 Å². The molecule has 1 aromatic rings. The van der Waals surface area contributed by atoms with Crippen molar-refractivity contribution in [3.63, 3.8) is 0 Å². The van der Waals surface area contributed by atoms with Gasteiger partial charge in [-0.05, 0) is 31.2 Å². The van der Waals surface area contributed by atoms with Crippen LogP contribution in [0.2, 0.25) is 0 Å². The number of esters is 1. The molecule has 0 radical (unpaired) electrons. The number of allylic oxidation sites excluding steroid dienone is 2. The molecule has 0 bridgehead atoms. The van der Waals surface area contributed by atoms with Crippen LogP contribution in [0.4, 0.5) is 0 Å². The Morgan fingerprint density at radius 3 is 2.62 bits per heavy atom. The maximum atomic E-state index is 13.1. The number of rotatable bonds is 13. The van der Waals surface area contributed by atoms with Gasteiger partial charge in [0.15, 0.2) is 0 Å². The molecule has 3 atom stereocenters. The van der Waals surface area contributed by atoms with E-state index in [1.54, 1.807) is 17.1 Å². The lowest BCUT2D eigenvalue weighted by molar-refractivity contribution is -0.145. The van der Waals surface area contributed by atoms with Crippen molar-refractivity contribution in [1.82, 2.24) is 10.2 Å². The standard InChI is InChI=1S/C25H34N2O5/c1-3-5-14-24(30)32-18-22(19-11-7-6-8-12-19)26-25(31)20(10-4-2)16-23(29)27-15-9-13-21(27)17-28/h3-4,6-8,11-12,20-22,28H,1-2,5,9-10,13-18H2,(H,26,31)/t20-,21+,22-/m1/s1. The molecule has 1 heterocycles. The third kappa shape index (κ3) is 7.64. The van der Waals surface area contributed by atoms with E-state index in [2.05, 4.69) is 18.5 Å². The van der Waals surface area contributed by atoms with Crippen LogP contribution in [0.15, 0.2) is 55.6 Å². The average molecular weight is 443 g/mol. The van der Waals surface area contributed by atoms with Gasteiger partial charge < -0.3 is 20.1 Å².